The topological polar surface area (TPSA) is 81.2 Å². The van der Waals surface area contributed by atoms with Crippen molar-refractivity contribution in [1.82, 2.24) is 15.0 Å². The minimum absolute atomic E-state index is 0.113. The van der Waals surface area contributed by atoms with Gasteiger partial charge in [0.1, 0.15) is 0 Å². The van der Waals surface area contributed by atoms with Crippen LogP contribution in [0, 0.1) is 0 Å². The van der Waals surface area contributed by atoms with Crippen LogP contribution in [0.25, 0.3) is 0 Å². The molecule has 96 valence electrons. The maximum absolute atomic E-state index is 5.26. The summed E-state index contributed by atoms with van der Waals surface area (Å²) >= 11 is 0. The number of hydrogen-bond donors (Lipinski definition) is 2. The Balaban J connectivity index is 2.79. The average Bonchev–Trinajstić information content (AvgIpc) is 2.29. The molecule has 0 aliphatic carbocycles. The number of nitrogens with zero attached hydrogens (tertiary/aromatic N) is 3. The highest BCUT2D eigenvalue weighted by molar-refractivity contribution is 5.35. The Morgan fingerprint density at radius 2 is 1.94 bits per heavy atom. The first-order chi connectivity index (χ1) is 8.19. The van der Waals surface area contributed by atoms with Crippen LogP contribution in [0.1, 0.15) is 13.8 Å². The molecule has 0 amide bonds. The summed E-state index contributed by atoms with van der Waals surface area (Å²) in [6.45, 7) is 4.95. The molecule has 0 aromatic carbocycles. The molecule has 0 spiro atoms. The van der Waals surface area contributed by atoms with Gasteiger partial charge in [0.05, 0.1) is 13.2 Å². The van der Waals surface area contributed by atoms with Crippen molar-refractivity contribution in [3.05, 3.63) is 0 Å². The zero-order valence-electron chi connectivity index (χ0n) is 10.6. The lowest BCUT2D eigenvalue weighted by atomic mass is 10.4. The third kappa shape index (κ3) is 4.39. The predicted molar refractivity (Wildman–Crippen MR) is 65.5 cm³/mol. The van der Waals surface area contributed by atoms with Crippen LogP contribution in [0.2, 0.25) is 0 Å². The van der Waals surface area contributed by atoms with E-state index in [1.54, 1.807) is 14.2 Å². The first-order valence-corrected chi connectivity index (χ1v) is 5.51. The number of nitrogens with one attached hydrogen (secondary N) is 2. The van der Waals surface area contributed by atoms with Crippen molar-refractivity contribution in [3.63, 3.8) is 0 Å². The monoisotopic (exact) mass is 241 g/mol. The second-order valence-electron chi connectivity index (χ2n) is 3.45. The van der Waals surface area contributed by atoms with Crippen molar-refractivity contribution >= 4 is 11.9 Å². The summed E-state index contributed by atoms with van der Waals surface area (Å²) in [5, 5.41) is 5.97. The number of hydrogen-bond acceptors (Lipinski definition) is 7. The Labute approximate surface area is 101 Å². The highest BCUT2D eigenvalue weighted by atomic mass is 16.5. The van der Waals surface area contributed by atoms with Gasteiger partial charge in [-0.15, -0.1) is 0 Å². The smallest absolute Gasteiger partial charge is 0.323 e. The van der Waals surface area contributed by atoms with Crippen molar-refractivity contribution in [2.75, 3.05) is 38.0 Å². The SMILES string of the molecule is CCOc1nc(NC)nc(NC(C)COC)n1. The Kier molecular flexibility index (Phi) is 5.41. The molecule has 1 aromatic heterocycles. The van der Waals surface area contributed by atoms with Crippen LogP contribution in [-0.2, 0) is 4.74 Å². The molecule has 1 rings (SSSR count). The third-order valence-corrected chi connectivity index (χ3v) is 1.90. The van der Waals surface area contributed by atoms with E-state index in [1.165, 1.54) is 0 Å². The maximum atomic E-state index is 5.26. The minimum Gasteiger partial charge on any atom is -0.464 e. The number of rotatable bonds is 7. The molecule has 0 fully saturated rings. The van der Waals surface area contributed by atoms with Gasteiger partial charge in [0, 0.05) is 20.2 Å². The van der Waals surface area contributed by atoms with Crippen LogP contribution in [-0.4, -0.2) is 48.4 Å². The largest absolute Gasteiger partial charge is 0.464 e. The van der Waals surface area contributed by atoms with E-state index in [0.717, 1.165) is 0 Å². The van der Waals surface area contributed by atoms with Crippen molar-refractivity contribution in [2.45, 2.75) is 19.9 Å². The minimum atomic E-state index is 0.113. The Bertz CT molecular complexity index is 347. The van der Waals surface area contributed by atoms with E-state index in [0.29, 0.717) is 31.1 Å². The molecule has 0 aliphatic rings. The van der Waals surface area contributed by atoms with Crippen LogP contribution in [0.4, 0.5) is 11.9 Å². The van der Waals surface area contributed by atoms with E-state index in [-0.39, 0.29) is 6.04 Å². The van der Waals surface area contributed by atoms with Crippen LogP contribution < -0.4 is 15.4 Å². The van der Waals surface area contributed by atoms with Crippen LogP contribution in [0.3, 0.4) is 0 Å². The summed E-state index contributed by atoms with van der Waals surface area (Å²) in [6, 6.07) is 0.417. The molecule has 1 atom stereocenters. The molecule has 7 nitrogen and oxygen atoms in total. The molecule has 0 radical (unpaired) electrons. The van der Waals surface area contributed by atoms with E-state index in [9.17, 15) is 0 Å². The lowest BCUT2D eigenvalue weighted by Gasteiger charge is -2.13. The maximum Gasteiger partial charge on any atom is 0.323 e. The lowest BCUT2D eigenvalue weighted by Crippen LogP contribution is -2.22. The third-order valence-electron chi connectivity index (χ3n) is 1.90. The molecular weight excluding hydrogens is 222 g/mol. The Morgan fingerprint density at radius 3 is 2.53 bits per heavy atom. The summed E-state index contributed by atoms with van der Waals surface area (Å²) in [5.74, 6) is 0.938. The Morgan fingerprint density at radius 1 is 1.24 bits per heavy atom. The van der Waals surface area contributed by atoms with E-state index >= 15 is 0 Å². The molecule has 1 unspecified atom stereocenters. The van der Waals surface area contributed by atoms with Crippen molar-refractivity contribution in [1.29, 1.82) is 0 Å². The fraction of sp³-hybridized carbons (Fsp3) is 0.700. The lowest BCUT2D eigenvalue weighted by molar-refractivity contribution is 0.190. The molecule has 0 saturated heterocycles. The van der Waals surface area contributed by atoms with Gasteiger partial charge < -0.3 is 20.1 Å². The predicted octanol–water partition coefficient (Wildman–Crippen LogP) is 0.759. The van der Waals surface area contributed by atoms with Crippen molar-refractivity contribution in [2.24, 2.45) is 0 Å². The summed E-state index contributed by atoms with van der Waals surface area (Å²) in [7, 11) is 3.39. The van der Waals surface area contributed by atoms with Gasteiger partial charge in [0.25, 0.3) is 0 Å². The van der Waals surface area contributed by atoms with E-state index in [1.807, 2.05) is 13.8 Å². The molecule has 1 aromatic rings. The molecule has 0 bridgehead atoms. The Hall–Kier alpha value is -1.63. The van der Waals surface area contributed by atoms with Gasteiger partial charge >= 0.3 is 6.01 Å². The highest BCUT2D eigenvalue weighted by Crippen LogP contribution is 2.11. The van der Waals surface area contributed by atoms with Gasteiger partial charge in [-0.05, 0) is 13.8 Å². The molecule has 2 N–H and O–H groups in total. The van der Waals surface area contributed by atoms with Crippen LogP contribution >= 0.6 is 0 Å². The zero-order chi connectivity index (χ0) is 12.7. The van der Waals surface area contributed by atoms with Crippen molar-refractivity contribution < 1.29 is 9.47 Å². The molecule has 17 heavy (non-hydrogen) atoms. The second kappa shape index (κ2) is 6.85. The molecule has 0 saturated carbocycles. The second-order valence-corrected chi connectivity index (χ2v) is 3.45. The summed E-state index contributed by atoms with van der Waals surface area (Å²) in [4.78, 5) is 12.4. The first kappa shape index (κ1) is 13.4. The van der Waals surface area contributed by atoms with Gasteiger partial charge in [0.15, 0.2) is 0 Å². The summed E-state index contributed by atoms with van der Waals surface area (Å²) < 4.78 is 10.3. The van der Waals surface area contributed by atoms with E-state index in [4.69, 9.17) is 9.47 Å². The number of methoxy groups -OCH3 is 1. The normalized spacial score (nSPS) is 12.0. The standard InChI is InChI=1S/C10H19N5O2/c1-5-17-10-14-8(11-3)13-9(15-10)12-7(2)6-16-4/h7H,5-6H2,1-4H3,(H2,11,12,13,14,15). The fourth-order valence-electron chi connectivity index (χ4n) is 1.24. The number of ether oxygens (including phenoxy) is 2. The fourth-order valence-corrected chi connectivity index (χ4v) is 1.24. The molecule has 1 heterocycles. The zero-order valence-corrected chi connectivity index (χ0v) is 10.6. The summed E-state index contributed by atoms with van der Waals surface area (Å²) in [6.07, 6.45) is 0. The number of anilines is 2. The first-order valence-electron chi connectivity index (χ1n) is 5.51. The van der Waals surface area contributed by atoms with Crippen LogP contribution in [0.5, 0.6) is 6.01 Å². The van der Waals surface area contributed by atoms with Crippen LogP contribution in [0.15, 0.2) is 0 Å². The van der Waals surface area contributed by atoms with Gasteiger partial charge in [-0.2, -0.15) is 15.0 Å². The van der Waals surface area contributed by atoms with Gasteiger partial charge in [-0.1, -0.05) is 0 Å². The number of aromatic nitrogens is 3. The van der Waals surface area contributed by atoms with Gasteiger partial charge in [-0.3, -0.25) is 0 Å². The van der Waals surface area contributed by atoms with Gasteiger partial charge in [-0.25, -0.2) is 0 Å². The van der Waals surface area contributed by atoms with E-state index < -0.39 is 0 Å². The van der Waals surface area contributed by atoms with Gasteiger partial charge in [0.2, 0.25) is 11.9 Å². The van der Waals surface area contributed by atoms with Crippen molar-refractivity contribution in [3.8, 4) is 6.01 Å². The molecule has 7 heteroatoms. The quantitative estimate of drug-likeness (QED) is 0.729. The average molecular weight is 241 g/mol. The summed E-state index contributed by atoms with van der Waals surface area (Å²) in [5.41, 5.74) is 0. The highest BCUT2D eigenvalue weighted by Gasteiger charge is 2.08. The van der Waals surface area contributed by atoms with E-state index in [2.05, 4.69) is 25.6 Å². The molecule has 0 aliphatic heterocycles. The molecular formula is C10H19N5O2.